The Morgan fingerprint density at radius 1 is 1.03 bits per heavy atom. The van der Waals surface area contributed by atoms with Crippen molar-refractivity contribution >= 4 is 14.1 Å². The zero-order valence-electron chi connectivity index (χ0n) is 17.9. The van der Waals surface area contributed by atoms with Gasteiger partial charge in [-0.1, -0.05) is 30.3 Å². The van der Waals surface area contributed by atoms with Crippen molar-refractivity contribution in [3.8, 4) is 0 Å². The molecule has 0 bridgehead atoms. The van der Waals surface area contributed by atoms with E-state index < -0.39 is 13.9 Å². The second-order valence-corrected chi connectivity index (χ2v) is 12.8. The van der Waals surface area contributed by atoms with Crippen molar-refractivity contribution in [2.24, 2.45) is 14.1 Å². The van der Waals surface area contributed by atoms with Gasteiger partial charge in [-0.15, -0.1) is 0 Å². The second-order valence-electron chi connectivity index (χ2n) is 8.41. The van der Waals surface area contributed by atoms with Crippen LogP contribution in [0.25, 0.3) is 0 Å². The third-order valence-electron chi connectivity index (χ3n) is 4.91. The summed E-state index contributed by atoms with van der Waals surface area (Å²) in [6.45, 7) is 6.56. The summed E-state index contributed by atoms with van der Waals surface area (Å²) >= 11 is 0. The van der Waals surface area contributed by atoms with E-state index >= 15 is 0 Å². The molecule has 0 saturated carbocycles. The standard InChI is InChI=1S/C22H30N4O2Si/c1-25-16-14-23-20(25)19(27)12-9-13-22(28-29(3,4)5,18-10-7-6-8-11-18)21-24-15-17-26(21)2/h6-8,10-11,14-17H,9,12-13H2,1-5H3. The van der Waals surface area contributed by atoms with Crippen LogP contribution in [0.5, 0.6) is 0 Å². The fraction of sp³-hybridized carbons (Fsp3) is 0.409. The first-order chi connectivity index (χ1) is 13.7. The lowest BCUT2D eigenvalue weighted by atomic mass is 9.87. The number of hydrogen-bond donors (Lipinski definition) is 0. The van der Waals surface area contributed by atoms with Crippen LogP contribution >= 0.6 is 0 Å². The summed E-state index contributed by atoms with van der Waals surface area (Å²) < 4.78 is 10.6. The van der Waals surface area contributed by atoms with Gasteiger partial charge >= 0.3 is 0 Å². The Morgan fingerprint density at radius 2 is 1.69 bits per heavy atom. The Morgan fingerprint density at radius 3 is 2.24 bits per heavy atom. The summed E-state index contributed by atoms with van der Waals surface area (Å²) in [4.78, 5) is 21.5. The lowest BCUT2D eigenvalue weighted by molar-refractivity contribution is 0.0738. The van der Waals surface area contributed by atoms with Crippen molar-refractivity contribution in [1.29, 1.82) is 0 Å². The highest BCUT2D eigenvalue weighted by atomic mass is 28.4. The minimum Gasteiger partial charge on any atom is -0.401 e. The molecule has 0 aliphatic rings. The number of aryl methyl sites for hydroxylation is 2. The van der Waals surface area contributed by atoms with E-state index in [2.05, 4.69) is 41.7 Å². The molecule has 0 aliphatic carbocycles. The molecule has 0 radical (unpaired) electrons. The molecule has 0 aliphatic heterocycles. The maximum Gasteiger partial charge on any atom is 0.198 e. The van der Waals surface area contributed by atoms with Gasteiger partial charge in [-0.05, 0) is 38.0 Å². The van der Waals surface area contributed by atoms with E-state index in [9.17, 15) is 4.79 Å². The van der Waals surface area contributed by atoms with E-state index in [0.717, 1.165) is 11.4 Å². The Kier molecular flexibility index (Phi) is 6.19. The van der Waals surface area contributed by atoms with Gasteiger partial charge < -0.3 is 13.6 Å². The minimum atomic E-state index is -1.95. The molecule has 7 heteroatoms. The smallest absolute Gasteiger partial charge is 0.198 e. The van der Waals surface area contributed by atoms with Crippen LogP contribution in [-0.2, 0) is 24.1 Å². The molecule has 1 atom stereocenters. The van der Waals surface area contributed by atoms with E-state index in [-0.39, 0.29) is 5.78 Å². The predicted molar refractivity (Wildman–Crippen MR) is 116 cm³/mol. The number of rotatable bonds is 9. The lowest BCUT2D eigenvalue weighted by Gasteiger charge is -2.39. The number of Topliss-reactive ketones (excluding diaryl/α,β-unsaturated/α-hetero) is 1. The molecule has 2 aromatic heterocycles. The molecule has 3 rings (SSSR count). The first kappa shape index (κ1) is 21.2. The van der Waals surface area contributed by atoms with Gasteiger partial charge in [-0.2, -0.15) is 0 Å². The van der Waals surface area contributed by atoms with Crippen LogP contribution in [0.4, 0.5) is 0 Å². The second kappa shape index (κ2) is 8.47. The zero-order valence-corrected chi connectivity index (χ0v) is 18.9. The summed E-state index contributed by atoms with van der Waals surface area (Å²) in [5, 5.41) is 0. The highest BCUT2D eigenvalue weighted by Gasteiger charge is 2.42. The first-order valence-corrected chi connectivity index (χ1v) is 13.4. The summed E-state index contributed by atoms with van der Waals surface area (Å²) in [7, 11) is 1.89. The number of carbonyl (C=O) groups is 1. The van der Waals surface area contributed by atoms with Gasteiger partial charge in [0, 0.05) is 45.3 Å². The third-order valence-corrected chi connectivity index (χ3v) is 5.87. The van der Waals surface area contributed by atoms with E-state index in [0.29, 0.717) is 25.1 Å². The maximum atomic E-state index is 12.7. The molecular formula is C22H30N4O2Si. The summed E-state index contributed by atoms with van der Waals surface area (Å²) in [5.74, 6) is 1.42. The molecule has 3 aromatic rings. The minimum absolute atomic E-state index is 0.0484. The highest BCUT2D eigenvalue weighted by Crippen LogP contribution is 2.40. The molecule has 0 fully saturated rings. The van der Waals surface area contributed by atoms with E-state index in [1.807, 2.05) is 43.1 Å². The van der Waals surface area contributed by atoms with Crippen LogP contribution in [-0.4, -0.2) is 33.2 Å². The predicted octanol–water partition coefficient (Wildman–Crippen LogP) is 4.30. The Labute approximate surface area is 173 Å². The monoisotopic (exact) mass is 410 g/mol. The van der Waals surface area contributed by atoms with Gasteiger partial charge in [0.2, 0.25) is 0 Å². The van der Waals surface area contributed by atoms with E-state index in [4.69, 9.17) is 4.43 Å². The van der Waals surface area contributed by atoms with Crippen molar-refractivity contribution in [3.05, 3.63) is 72.3 Å². The van der Waals surface area contributed by atoms with Crippen LogP contribution in [0.2, 0.25) is 19.6 Å². The van der Waals surface area contributed by atoms with Gasteiger partial charge in [0.05, 0.1) is 0 Å². The van der Waals surface area contributed by atoms with Crippen molar-refractivity contribution in [3.63, 3.8) is 0 Å². The number of aromatic nitrogens is 4. The van der Waals surface area contributed by atoms with Gasteiger partial charge in [0.25, 0.3) is 0 Å². The SMILES string of the molecule is Cn1ccnc1C(=O)CCCC(O[Si](C)(C)C)(c1ccccc1)c1nccn1C. The number of hydrogen-bond acceptors (Lipinski definition) is 4. The van der Waals surface area contributed by atoms with Crippen molar-refractivity contribution in [2.75, 3.05) is 0 Å². The summed E-state index contributed by atoms with van der Waals surface area (Å²) in [6.07, 6.45) is 8.96. The average Bonchev–Trinajstić information content (AvgIpc) is 3.29. The molecule has 2 heterocycles. The van der Waals surface area contributed by atoms with E-state index in [1.54, 1.807) is 23.2 Å². The van der Waals surface area contributed by atoms with Crippen LogP contribution < -0.4 is 0 Å². The molecule has 1 unspecified atom stereocenters. The highest BCUT2D eigenvalue weighted by molar-refractivity contribution is 6.69. The molecule has 0 amide bonds. The lowest BCUT2D eigenvalue weighted by Crippen LogP contribution is -2.43. The number of benzene rings is 1. The van der Waals surface area contributed by atoms with E-state index in [1.165, 1.54) is 0 Å². The van der Waals surface area contributed by atoms with Crippen molar-refractivity contribution in [2.45, 2.75) is 44.5 Å². The molecule has 0 spiro atoms. The van der Waals surface area contributed by atoms with Crippen molar-refractivity contribution < 1.29 is 9.22 Å². The Balaban J connectivity index is 1.94. The van der Waals surface area contributed by atoms with Crippen LogP contribution in [0.15, 0.2) is 55.1 Å². The molecule has 29 heavy (non-hydrogen) atoms. The molecular weight excluding hydrogens is 380 g/mol. The fourth-order valence-electron chi connectivity index (χ4n) is 3.77. The topological polar surface area (TPSA) is 61.9 Å². The number of carbonyl (C=O) groups excluding carboxylic acids is 1. The number of imidazole rings is 2. The van der Waals surface area contributed by atoms with Crippen LogP contribution in [0.1, 0.15) is 41.3 Å². The molecule has 6 nitrogen and oxygen atoms in total. The Hall–Kier alpha value is -2.51. The maximum absolute atomic E-state index is 12.7. The fourth-order valence-corrected chi connectivity index (χ4v) is 5.13. The number of nitrogens with zero attached hydrogens (tertiary/aromatic N) is 4. The molecule has 154 valence electrons. The van der Waals surface area contributed by atoms with Crippen LogP contribution in [0, 0.1) is 0 Å². The van der Waals surface area contributed by atoms with Gasteiger partial charge in [-0.25, -0.2) is 9.97 Å². The van der Waals surface area contributed by atoms with Gasteiger partial charge in [0.15, 0.2) is 19.9 Å². The first-order valence-electron chi connectivity index (χ1n) is 9.97. The van der Waals surface area contributed by atoms with Gasteiger partial charge in [-0.3, -0.25) is 4.79 Å². The quantitative estimate of drug-likeness (QED) is 0.390. The number of ketones is 1. The molecule has 0 N–H and O–H groups in total. The van der Waals surface area contributed by atoms with Crippen molar-refractivity contribution in [1.82, 2.24) is 19.1 Å². The molecule has 1 aromatic carbocycles. The average molecular weight is 411 g/mol. The third kappa shape index (κ3) is 4.74. The molecule has 0 saturated heterocycles. The van der Waals surface area contributed by atoms with Crippen LogP contribution in [0.3, 0.4) is 0 Å². The largest absolute Gasteiger partial charge is 0.401 e. The van der Waals surface area contributed by atoms with Gasteiger partial charge in [0.1, 0.15) is 11.4 Å². The normalized spacial score (nSPS) is 14.0. The zero-order chi connectivity index (χ0) is 21.1. The Bertz CT molecular complexity index is 959. The summed E-state index contributed by atoms with van der Waals surface area (Å²) in [5.41, 5.74) is 0.382. The summed E-state index contributed by atoms with van der Waals surface area (Å²) in [6, 6.07) is 10.2.